The Kier molecular flexibility index (Phi) is 3.89. The molecule has 0 bridgehead atoms. The Morgan fingerprint density at radius 1 is 1.47 bits per heavy atom. The molecule has 3 heteroatoms. The molecule has 2 nitrogen and oxygen atoms in total. The molecule has 0 heterocycles. The van der Waals surface area contributed by atoms with Crippen molar-refractivity contribution in [3.05, 3.63) is 34.9 Å². The highest BCUT2D eigenvalue weighted by molar-refractivity contribution is 6.31. The van der Waals surface area contributed by atoms with Crippen LogP contribution in [0.1, 0.15) is 37.0 Å². The van der Waals surface area contributed by atoms with Gasteiger partial charge in [0.15, 0.2) is 5.78 Å². The molecule has 0 unspecified atom stereocenters. The first kappa shape index (κ1) is 12.2. The first-order valence-corrected chi connectivity index (χ1v) is 5.34. The van der Waals surface area contributed by atoms with E-state index in [1.165, 1.54) is 0 Å². The minimum Gasteiger partial charge on any atom is -0.326 e. The smallest absolute Gasteiger partial charge is 0.162 e. The van der Waals surface area contributed by atoms with Crippen molar-refractivity contribution in [2.75, 3.05) is 0 Å². The number of hydrogen-bond donors (Lipinski definition) is 1. The highest BCUT2D eigenvalue weighted by atomic mass is 35.5. The van der Waals surface area contributed by atoms with Gasteiger partial charge >= 0.3 is 0 Å². The van der Waals surface area contributed by atoms with E-state index in [1.807, 2.05) is 13.8 Å². The van der Waals surface area contributed by atoms with Crippen molar-refractivity contribution in [1.29, 1.82) is 0 Å². The minimum atomic E-state index is -0.297. The standard InChI is InChI=1S/C12H16ClNO/c1-12(2,14)7-6-11(15)9-4-3-5-10(13)8-9/h3-5,8H,6-7,14H2,1-2H3. The second-order valence-corrected chi connectivity index (χ2v) is 4.86. The summed E-state index contributed by atoms with van der Waals surface area (Å²) in [7, 11) is 0. The maximum atomic E-state index is 11.7. The molecule has 1 rings (SSSR count). The molecule has 1 aromatic rings. The number of carbonyl (C=O) groups is 1. The average Bonchev–Trinajstić information content (AvgIpc) is 2.13. The lowest BCUT2D eigenvalue weighted by Crippen LogP contribution is -2.32. The third-order valence-corrected chi connectivity index (χ3v) is 2.38. The third kappa shape index (κ3) is 4.45. The molecule has 0 aliphatic heterocycles. The number of nitrogens with two attached hydrogens (primary N) is 1. The van der Waals surface area contributed by atoms with Crippen molar-refractivity contribution >= 4 is 17.4 Å². The van der Waals surface area contributed by atoms with Crippen LogP contribution in [0.25, 0.3) is 0 Å². The lowest BCUT2D eigenvalue weighted by molar-refractivity contribution is 0.0972. The summed E-state index contributed by atoms with van der Waals surface area (Å²) in [5.74, 6) is 0.0935. The number of benzene rings is 1. The Hall–Kier alpha value is -0.860. The maximum Gasteiger partial charge on any atom is 0.162 e. The summed E-state index contributed by atoms with van der Waals surface area (Å²) in [4.78, 5) is 11.7. The van der Waals surface area contributed by atoms with Crippen LogP contribution in [-0.2, 0) is 0 Å². The Morgan fingerprint density at radius 2 is 2.13 bits per heavy atom. The number of carbonyl (C=O) groups excluding carboxylic acids is 1. The van der Waals surface area contributed by atoms with E-state index < -0.39 is 0 Å². The van der Waals surface area contributed by atoms with Crippen molar-refractivity contribution in [2.45, 2.75) is 32.2 Å². The number of hydrogen-bond acceptors (Lipinski definition) is 2. The Morgan fingerprint density at radius 3 is 2.67 bits per heavy atom. The van der Waals surface area contributed by atoms with Gasteiger partial charge in [0.1, 0.15) is 0 Å². The fourth-order valence-electron chi connectivity index (χ4n) is 1.24. The zero-order valence-electron chi connectivity index (χ0n) is 9.09. The molecule has 0 radical (unpaired) electrons. The molecule has 0 saturated heterocycles. The van der Waals surface area contributed by atoms with Gasteiger partial charge in [-0.1, -0.05) is 23.7 Å². The van der Waals surface area contributed by atoms with Crippen LogP contribution in [0, 0.1) is 0 Å². The molecule has 2 N–H and O–H groups in total. The summed E-state index contributed by atoms with van der Waals surface area (Å²) < 4.78 is 0. The molecule has 0 spiro atoms. The summed E-state index contributed by atoms with van der Waals surface area (Å²) in [5.41, 5.74) is 6.18. The van der Waals surface area contributed by atoms with Crippen LogP contribution in [0.3, 0.4) is 0 Å². The second kappa shape index (κ2) is 4.77. The summed E-state index contributed by atoms with van der Waals surface area (Å²) in [6.07, 6.45) is 1.14. The molecule has 0 aromatic heterocycles. The van der Waals surface area contributed by atoms with Crippen molar-refractivity contribution in [1.82, 2.24) is 0 Å². The maximum absolute atomic E-state index is 11.7. The van der Waals surface area contributed by atoms with Gasteiger partial charge in [0, 0.05) is 22.5 Å². The number of rotatable bonds is 4. The molecule has 15 heavy (non-hydrogen) atoms. The molecule has 0 saturated carbocycles. The Bertz CT molecular complexity index is 355. The molecule has 0 atom stereocenters. The van der Waals surface area contributed by atoms with Gasteiger partial charge in [0.25, 0.3) is 0 Å². The molecule has 82 valence electrons. The molecule has 1 aromatic carbocycles. The molecular formula is C12H16ClNO. The fourth-order valence-corrected chi connectivity index (χ4v) is 1.43. The number of ketones is 1. The highest BCUT2D eigenvalue weighted by Gasteiger charge is 2.14. The van der Waals surface area contributed by atoms with Crippen LogP contribution in [-0.4, -0.2) is 11.3 Å². The minimum absolute atomic E-state index is 0.0935. The molecule has 0 aliphatic carbocycles. The van der Waals surface area contributed by atoms with E-state index in [1.54, 1.807) is 24.3 Å². The quantitative estimate of drug-likeness (QED) is 0.801. The fraction of sp³-hybridized carbons (Fsp3) is 0.417. The van der Waals surface area contributed by atoms with Gasteiger partial charge in [0.05, 0.1) is 0 Å². The van der Waals surface area contributed by atoms with Crippen LogP contribution in [0.2, 0.25) is 5.02 Å². The Balaban J connectivity index is 2.62. The van der Waals surface area contributed by atoms with Crippen LogP contribution in [0.15, 0.2) is 24.3 Å². The van der Waals surface area contributed by atoms with Gasteiger partial charge in [-0.15, -0.1) is 0 Å². The molecule has 0 amide bonds. The van der Waals surface area contributed by atoms with E-state index in [9.17, 15) is 4.79 Å². The monoisotopic (exact) mass is 225 g/mol. The Labute approximate surface area is 95.4 Å². The molecule has 0 fully saturated rings. The van der Waals surface area contributed by atoms with Gasteiger partial charge in [-0.05, 0) is 32.4 Å². The predicted molar refractivity (Wildman–Crippen MR) is 63.3 cm³/mol. The van der Waals surface area contributed by atoms with Gasteiger partial charge in [-0.3, -0.25) is 4.79 Å². The normalized spacial score (nSPS) is 11.5. The second-order valence-electron chi connectivity index (χ2n) is 4.42. The lowest BCUT2D eigenvalue weighted by Gasteiger charge is -2.17. The van der Waals surface area contributed by atoms with Gasteiger partial charge in [-0.25, -0.2) is 0 Å². The van der Waals surface area contributed by atoms with Crippen molar-refractivity contribution in [3.8, 4) is 0 Å². The van der Waals surface area contributed by atoms with E-state index in [0.717, 1.165) is 0 Å². The van der Waals surface area contributed by atoms with Crippen molar-refractivity contribution in [3.63, 3.8) is 0 Å². The van der Waals surface area contributed by atoms with Gasteiger partial charge in [0.2, 0.25) is 0 Å². The van der Waals surface area contributed by atoms with E-state index >= 15 is 0 Å². The summed E-state index contributed by atoms with van der Waals surface area (Å²) in [6, 6.07) is 7.00. The molecular weight excluding hydrogens is 210 g/mol. The summed E-state index contributed by atoms with van der Waals surface area (Å²) in [6.45, 7) is 3.83. The first-order valence-electron chi connectivity index (χ1n) is 4.96. The van der Waals surface area contributed by atoms with E-state index in [4.69, 9.17) is 17.3 Å². The van der Waals surface area contributed by atoms with E-state index in [-0.39, 0.29) is 11.3 Å². The summed E-state index contributed by atoms with van der Waals surface area (Å²) in [5, 5.41) is 0.591. The van der Waals surface area contributed by atoms with Crippen LogP contribution in [0.4, 0.5) is 0 Å². The average molecular weight is 226 g/mol. The van der Waals surface area contributed by atoms with Crippen molar-refractivity contribution in [2.24, 2.45) is 5.73 Å². The largest absolute Gasteiger partial charge is 0.326 e. The molecule has 0 aliphatic rings. The van der Waals surface area contributed by atoms with Gasteiger partial charge < -0.3 is 5.73 Å². The summed E-state index contributed by atoms with van der Waals surface area (Å²) >= 11 is 5.80. The lowest BCUT2D eigenvalue weighted by atomic mass is 9.96. The number of Topliss-reactive ketones (excluding diaryl/α,β-unsaturated/α-hetero) is 1. The predicted octanol–water partition coefficient (Wildman–Crippen LogP) is 3.04. The SMILES string of the molecule is CC(C)(N)CCC(=O)c1cccc(Cl)c1. The van der Waals surface area contributed by atoms with E-state index in [2.05, 4.69) is 0 Å². The highest BCUT2D eigenvalue weighted by Crippen LogP contribution is 2.15. The van der Waals surface area contributed by atoms with E-state index in [0.29, 0.717) is 23.4 Å². The first-order chi connectivity index (χ1) is 6.88. The van der Waals surface area contributed by atoms with Crippen LogP contribution in [0.5, 0.6) is 0 Å². The zero-order chi connectivity index (χ0) is 11.5. The number of halogens is 1. The van der Waals surface area contributed by atoms with Crippen LogP contribution >= 0.6 is 11.6 Å². The zero-order valence-corrected chi connectivity index (χ0v) is 9.84. The van der Waals surface area contributed by atoms with Gasteiger partial charge in [-0.2, -0.15) is 0 Å². The third-order valence-electron chi connectivity index (χ3n) is 2.14. The topological polar surface area (TPSA) is 43.1 Å². The van der Waals surface area contributed by atoms with Crippen molar-refractivity contribution < 1.29 is 4.79 Å². The van der Waals surface area contributed by atoms with Crippen LogP contribution < -0.4 is 5.73 Å².